The number of carbonyl (C=O) groups is 1. The van der Waals surface area contributed by atoms with Crippen LogP contribution in [0, 0.1) is 5.82 Å². The van der Waals surface area contributed by atoms with Crippen LogP contribution in [-0.2, 0) is 0 Å². The van der Waals surface area contributed by atoms with E-state index in [1.165, 1.54) is 16.9 Å². The number of nitrogens with zero attached hydrogens (tertiary/aromatic N) is 3. The van der Waals surface area contributed by atoms with Crippen LogP contribution in [0.3, 0.4) is 0 Å². The molecule has 4 nitrogen and oxygen atoms in total. The number of aldehydes is 1. The summed E-state index contributed by atoms with van der Waals surface area (Å²) >= 11 is 3.15. The Morgan fingerprint density at radius 2 is 1.95 bits per heavy atom. The van der Waals surface area contributed by atoms with Gasteiger partial charge in [0.1, 0.15) is 11.4 Å². The minimum Gasteiger partial charge on any atom is -0.298 e. The first kappa shape index (κ1) is 13.6. The fourth-order valence-corrected chi connectivity index (χ4v) is 2.26. The lowest BCUT2D eigenvalue weighted by molar-refractivity contribution is 0.112. The smallest absolute Gasteiger partial charge is 0.153 e. The van der Waals surface area contributed by atoms with Crippen LogP contribution in [0.15, 0.2) is 53.3 Å². The molecular formula is C15H9BrFN3O. The standard InChI is InChI=1S/C15H9BrFN3O/c16-11-6-13(17)15(18-7-11)14-10(9-21)8-20(19-14)12-4-2-1-3-5-12/h1-9H. The molecule has 0 spiro atoms. The molecule has 6 heteroatoms. The summed E-state index contributed by atoms with van der Waals surface area (Å²) in [7, 11) is 0. The molecule has 1 aromatic carbocycles. The lowest BCUT2D eigenvalue weighted by Crippen LogP contribution is -1.96. The van der Waals surface area contributed by atoms with Crippen molar-refractivity contribution in [3.05, 3.63) is 64.6 Å². The van der Waals surface area contributed by atoms with Gasteiger partial charge in [0, 0.05) is 16.9 Å². The van der Waals surface area contributed by atoms with E-state index in [0.717, 1.165) is 5.69 Å². The molecule has 0 saturated heterocycles. The van der Waals surface area contributed by atoms with Gasteiger partial charge in [0.15, 0.2) is 12.1 Å². The van der Waals surface area contributed by atoms with Gasteiger partial charge in [0.05, 0.1) is 11.3 Å². The van der Waals surface area contributed by atoms with Gasteiger partial charge < -0.3 is 0 Å². The predicted octanol–water partition coefficient (Wildman–Crippen LogP) is 3.65. The number of halogens is 2. The van der Waals surface area contributed by atoms with Gasteiger partial charge >= 0.3 is 0 Å². The molecule has 0 saturated carbocycles. The van der Waals surface area contributed by atoms with E-state index in [9.17, 15) is 9.18 Å². The quantitative estimate of drug-likeness (QED) is 0.680. The molecule has 0 unspecified atom stereocenters. The highest BCUT2D eigenvalue weighted by molar-refractivity contribution is 9.10. The van der Waals surface area contributed by atoms with Crippen molar-refractivity contribution in [2.24, 2.45) is 0 Å². The molecular weight excluding hydrogens is 337 g/mol. The Morgan fingerprint density at radius 1 is 1.19 bits per heavy atom. The van der Waals surface area contributed by atoms with Gasteiger partial charge in [-0.05, 0) is 34.1 Å². The Morgan fingerprint density at radius 3 is 2.62 bits per heavy atom. The van der Waals surface area contributed by atoms with Gasteiger partial charge in [-0.3, -0.25) is 9.78 Å². The average molecular weight is 346 g/mol. The maximum Gasteiger partial charge on any atom is 0.153 e. The predicted molar refractivity (Wildman–Crippen MR) is 79.8 cm³/mol. The second-order valence-electron chi connectivity index (χ2n) is 4.31. The largest absolute Gasteiger partial charge is 0.298 e. The summed E-state index contributed by atoms with van der Waals surface area (Å²) in [5, 5.41) is 4.28. The lowest BCUT2D eigenvalue weighted by atomic mass is 10.2. The summed E-state index contributed by atoms with van der Waals surface area (Å²) < 4.78 is 16.1. The Balaban J connectivity index is 2.15. The van der Waals surface area contributed by atoms with Crippen LogP contribution in [0.5, 0.6) is 0 Å². The molecule has 2 aromatic heterocycles. The van der Waals surface area contributed by atoms with Crippen LogP contribution in [0.2, 0.25) is 0 Å². The van der Waals surface area contributed by atoms with Crippen molar-refractivity contribution in [3.63, 3.8) is 0 Å². The monoisotopic (exact) mass is 345 g/mol. The van der Waals surface area contributed by atoms with Crippen molar-refractivity contribution in [2.75, 3.05) is 0 Å². The lowest BCUT2D eigenvalue weighted by Gasteiger charge is -2.01. The third-order valence-electron chi connectivity index (χ3n) is 2.92. The maximum absolute atomic E-state index is 14.0. The van der Waals surface area contributed by atoms with Crippen LogP contribution in [0.4, 0.5) is 4.39 Å². The van der Waals surface area contributed by atoms with Gasteiger partial charge in [0.2, 0.25) is 0 Å². The molecule has 0 bridgehead atoms. The Labute approximate surface area is 128 Å². The normalized spacial score (nSPS) is 10.6. The van der Waals surface area contributed by atoms with Gasteiger partial charge in [-0.15, -0.1) is 0 Å². The number of para-hydroxylation sites is 1. The molecule has 0 atom stereocenters. The fraction of sp³-hybridized carbons (Fsp3) is 0. The van der Waals surface area contributed by atoms with Crippen LogP contribution in [0.1, 0.15) is 10.4 Å². The van der Waals surface area contributed by atoms with E-state index in [-0.39, 0.29) is 17.0 Å². The van der Waals surface area contributed by atoms with E-state index in [4.69, 9.17) is 0 Å². The summed E-state index contributed by atoms with van der Waals surface area (Å²) in [4.78, 5) is 15.2. The SMILES string of the molecule is O=Cc1cn(-c2ccccc2)nc1-c1ncc(Br)cc1F. The van der Waals surface area contributed by atoms with E-state index in [1.807, 2.05) is 30.3 Å². The molecule has 3 aromatic rings. The van der Waals surface area contributed by atoms with E-state index in [1.54, 1.807) is 6.20 Å². The first-order valence-electron chi connectivity index (χ1n) is 6.10. The fourth-order valence-electron chi connectivity index (χ4n) is 1.96. The van der Waals surface area contributed by atoms with Crippen molar-refractivity contribution in [1.29, 1.82) is 0 Å². The second kappa shape index (κ2) is 5.57. The molecule has 21 heavy (non-hydrogen) atoms. The highest BCUT2D eigenvalue weighted by Gasteiger charge is 2.16. The van der Waals surface area contributed by atoms with Crippen molar-refractivity contribution in [2.45, 2.75) is 0 Å². The number of hydrogen-bond acceptors (Lipinski definition) is 3. The molecule has 0 fully saturated rings. The highest BCUT2D eigenvalue weighted by Crippen LogP contribution is 2.25. The molecule has 3 rings (SSSR count). The van der Waals surface area contributed by atoms with Gasteiger partial charge in [-0.2, -0.15) is 5.10 Å². The third-order valence-corrected chi connectivity index (χ3v) is 3.36. The molecule has 0 aliphatic rings. The summed E-state index contributed by atoms with van der Waals surface area (Å²) in [6, 6.07) is 10.6. The summed E-state index contributed by atoms with van der Waals surface area (Å²) in [6.07, 6.45) is 3.67. The van der Waals surface area contributed by atoms with Crippen molar-refractivity contribution >= 4 is 22.2 Å². The van der Waals surface area contributed by atoms with Crippen LogP contribution < -0.4 is 0 Å². The Kier molecular flexibility index (Phi) is 3.62. The Bertz CT molecular complexity index is 802. The van der Waals surface area contributed by atoms with Gasteiger partial charge in [-0.25, -0.2) is 9.07 Å². The summed E-state index contributed by atoms with van der Waals surface area (Å²) in [6.45, 7) is 0. The average Bonchev–Trinajstić information content (AvgIpc) is 2.92. The minimum atomic E-state index is -0.536. The second-order valence-corrected chi connectivity index (χ2v) is 5.23. The van der Waals surface area contributed by atoms with Crippen LogP contribution >= 0.6 is 15.9 Å². The molecule has 2 heterocycles. The minimum absolute atomic E-state index is 0.0509. The molecule has 0 amide bonds. The van der Waals surface area contributed by atoms with Crippen LogP contribution in [-0.4, -0.2) is 21.1 Å². The molecule has 0 aliphatic heterocycles. The summed E-state index contributed by atoms with van der Waals surface area (Å²) in [5.74, 6) is -0.536. The summed E-state index contributed by atoms with van der Waals surface area (Å²) in [5.41, 5.74) is 1.34. The first-order chi connectivity index (χ1) is 10.2. The van der Waals surface area contributed by atoms with Crippen LogP contribution in [0.25, 0.3) is 17.1 Å². The number of aromatic nitrogens is 3. The number of benzene rings is 1. The van der Waals surface area contributed by atoms with E-state index >= 15 is 0 Å². The zero-order chi connectivity index (χ0) is 14.8. The topological polar surface area (TPSA) is 47.8 Å². The van der Waals surface area contributed by atoms with Crippen molar-refractivity contribution < 1.29 is 9.18 Å². The maximum atomic E-state index is 14.0. The number of carbonyl (C=O) groups excluding carboxylic acids is 1. The molecule has 0 N–H and O–H groups in total. The van der Waals surface area contributed by atoms with Gasteiger partial charge in [-0.1, -0.05) is 18.2 Å². The van der Waals surface area contributed by atoms with Gasteiger partial charge in [0.25, 0.3) is 0 Å². The molecule has 0 aliphatic carbocycles. The third kappa shape index (κ3) is 2.62. The first-order valence-corrected chi connectivity index (χ1v) is 6.90. The number of hydrogen-bond donors (Lipinski definition) is 0. The zero-order valence-corrected chi connectivity index (χ0v) is 12.3. The van der Waals surface area contributed by atoms with Crippen molar-refractivity contribution in [1.82, 2.24) is 14.8 Å². The zero-order valence-electron chi connectivity index (χ0n) is 10.7. The molecule has 104 valence electrons. The Hall–Kier alpha value is -2.34. The number of pyridine rings is 1. The highest BCUT2D eigenvalue weighted by atomic mass is 79.9. The molecule has 0 radical (unpaired) electrons. The number of rotatable bonds is 3. The van der Waals surface area contributed by atoms with Crippen molar-refractivity contribution in [3.8, 4) is 17.1 Å². The van der Waals surface area contributed by atoms with E-state index in [2.05, 4.69) is 26.0 Å². The van der Waals surface area contributed by atoms with E-state index in [0.29, 0.717) is 10.8 Å². The van der Waals surface area contributed by atoms with E-state index < -0.39 is 5.82 Å².